The first-order valence-electron chi connectivity index (χ1n) is 11.1. The lowest BCUT2D eigenvalue weighted by Crippen LogP contribution is -2.38. The highest BCUT2D eigenvalue weighted by Crippen LogP contribution is 2.44. The van der Waals surface area contributed by atoms with Gasteiger partial charge in [0.2, 0.25) is 5.75 Å². The monoisotopic (exact) mass is 487 g/mol. The van der Waals surface area contributed by atoms with E-state index in [1.165, 1.54) is 11.1 Å². The summed E-state index contributed by atoms with van der Waals surface area (Å²) >= 11 is 3.63. The highest BCUT2D eigenvalue weighted by atomic mass is 79.9. The summed E-state index contributed by atoms with van der Waals surface area (Å²) in [5, 5.41) is 10.5. The van der Waals surface area contributed by atoms with E-state index >= 15 is 0 Å². The Balaban J connectivity index is 1.78. The van der Waals surface area contributed by atoms with E-state index < -0.39 is 11.3 Å². The smallest absolute Gasteiger partial charge is 0.315 e. The first kappa shape index (κ1) is 22.1. The van der Waals surface area contributed by atoms with Gasteiger partial charge in [0.15, 0.2) is 5.69 Å². The van der Waals surface area contributed by atoms with Crippen LogP contribution in [0.3, 0.4) is 0 Å². The van der Waals surface area contributed by atoms with Gasteiger partial charge in [0.25, 0.3) is 5.91 Å². The van der Waals surface area contributed by atoms with Crippen LogP contribution in [0, 0.1) is 6.92 Å². The second kappa shape index (κ2) is 8.41. The summed E-state index contributed by atoms with van der Waals surface area (Å²) in [5.41, 5.74) is 1.62. The van der Waals surface area contributed by atoms with E-state index in [-0.39, 0.29) is 23.1 Å². The fraction of sp³-hybridized carbons (Fsp3) is 0.542. The Hall–Kier alpha value is -2.15. The van der Waals surface area contributed by atoms with Gasteiger partial charge in [0.05, 0.1) is 0 Å². The van der Waals surface area contributed by atoms with Gasteiger partial charge in [-0.1, -0.05) is 34.8 Å². The molecule has 1 saturated carbocycles. The first-order chi connectivity index (χ1) is 14.7. The normalized spacial score (nSPS) is 20.4. The van der Waals surface area contributed by atoms with Crippen molar-refractivity contribution in [3.8, 4) is 5.75 Å². The summed E-state index contributed by atoms with van der Waals surface area (Å²) < 4.78 is 2.69. The van der Waals surface area contributed by atoms with Crippen molar-refractivity contribution in [2.24, 2.45) is 7.05 Å². The fourth-order valence-electron chi connectivity index (χ4n) is 5.37. The van der Waals surface area contributed by atoms with Crippen molar-refractivity contribution in [3.63, 3.8) is 0 Å². The Labute approximate surface area is 191 Å². The van der Waals surface area contributed by atoms with Crippen LogP contribution in [0.4, 0.5) is 0 Å². The topological polar surface area (TPSA) is 75.4 Å². The molecule has 2 fully saturated rings. The Kier molecular flexibility index (Phi) is 5.99. The third kappa shape index (κ3) is 4.04. The van der Waals surface area contributed by atoms with Crippen LogP contribution in [-0.2, 0) is 18.9 Å². The largest absolute Gasteiger partial charge is 0.501 e. The van der Waals surface area contributed by atoms with Crippen LogP contribution in [0.15, 0.2) is 27.5 Å². The van der Waals surface area contributed by atoms with Gasteiger partial charge < -0.3 is 14.6 Å². The van der Waals surface area contributed by atoms with Crippen LogP contribution in [0.5, 0.6) is 5.75 Å². The van der Waals surface area contributed by atoms with Gasteiger partial charge in [-0.3, -0.25) is 9.59 Å². The zero-order valence-corrected chi connectivity index (χ0v) is 20.0. The molecular formula is C24H30BrN3O3. The molecule has 7 heteroatoms. The highest BCUT2D eigenvalue weighted by Gasteiger charge is 2.38. The molecule has 2 heterocycles. The van der Waals surface area contributed by atoms with Crippen molar-refractivity contribution in [1.82, 2.24) is 14.5 Å². The van der Waals surface area contributed by atoms with Crippen LogP contribution in [-0.4, -0.2) is 38.1 Å². The fourth-order valence-corrected chi connectivity index (χ4v) is 5.98. The number of hydrogen-bond acceptors (Lipinski definition) is 4. The van der Waals surface area contributed by atoms with Crippen molar-refractivity contribution in [2.45, 2.75) is 70.3 Å². The van der Waals surface area contributed by atoms with Crippen molar-refractivity contribution in [2.75, 3.05) is 6.54 Å². The highest BCUT2D eigenvalue weighted by molar-refractivity contribution is 9.10. The zero-order valence-electron chi connectivity index (χ0n) is 18.4. The van der Waals surface area contributed by atoms with Gasteiger partial charge in [-0.05, 0) is 62.8 Å². The van der Waals surface area contributed by atoms with Crippen LogP contribution >= 0.6 is 15.9 Å². The van der Waals surface area contributed by atoms with Crippen LogP contribution in [0.1, 0.15) is 72.9 Å². The van der Waals surface area contributed by atoms with Gasteiger partial charge in [-0.15, -0.1) is 0 Å². The maximum Gasteiger partial charge on any atom is 0.315 e. The lowest BCUT2D eigenvalue weighted by atomic mass is 9.75. The molecule has 1 aromatic heterocycles. The summed E-state index contributed by atoms with van der Waals surface area (Å²) in [6.45, 7) is 4.73. The van der Waals surface area contributed by atoms with Gasteiger partial charge >= 0.3 is 5.56 Å². The summed E-state index contributed by atoms with van der Waals surface area (Å²) in [7, 11) is 1.74. The quantitative estimate of drug-likeness (QED) is 0.699. The third-order valence-electron chi connectivity index (χ3n) is 7.11. The molecule has 1 aliphatic heterocycles. The van der Waals surface area contributed by atoms with E-state index in [1.54, 1.807) is 16.5 Å². The molecule has 4 rings (SSSR count). The second-order valence-electron chi connectivity index (χ2n) is 9.26. The third-order valence-corrected chi connectivity index (χ3v) is 7.57. The predicted octanol–water partition coefficient (Wildman–Crippen LogP) is 4.24. The summed E-state index contributed by atoms with van der Waals surface area (Å²) in [6, 6.07) is 6.57. The average Bonchev–Trinajstić information content (AvgIpc) is 3.35. The minimum atomic E-state index is -0.720. The SMILES string of the molecule is Cc1cc(Br)cc(C2(Cc3nc(=O)c(O)c(C(=O)N4CCCC4C)n3C)CCCC2)c1. The van der Waals surface area contributed by atoms with E-state index in [4.69, 9.17) is 0 Å². The summed E-state index contributed by atoms with van der Waals surface area (Å²) in [5.74, 6) is -0.281. The van der Waals surface area contributed by atoms with E-state index in [2.05, 4.69) is 46.0 Å². The number of benzene rings is 1. The molecule has 0 bridgehead atoms. The number of nitrogens with zero attached hydrogens (tertiary/aromatic N) is 3. The van der Waals surface area contributed by atoms with Gasteiger partial charge in [-0.25, -0.2) is 0 Å². The van der Waals surface area contributed by atoms with Crippen LogP contribution in [0.25, 0.3) is 0 Å². The minimum Gasteiger partial charge on any atom is -0.501 e. The molecule has 166 valence electrons. The van der Waals surface area contributed by atoms with E-state index in [0.29, 0.717) is 18.8 Å². The molecule has 1 unspecified atom stereocenters. The van der Waals surface area contributed by atoms with Crippen LogP contribution in [0.2, 0.25) is 0 Å². The van der Waals surface area contributed by atoms with Gasteiger partial charge in [0, 0.05) is 35.9 Å². The number of hydrogen-bond donors (Lipinski definition) is 1. The van der Waals surface area contributed by atoms with Crippen LogP contribution < -0.4 is 5.56 Å². The van der Waals surface area contributed by atoms with Gasteiger partial charge in [0.1, 0.15) is 5.82 Å². The molecular weight excluding hydrogens is 458 g/mol. The molecule has 1 aromatic carbocycles. The minimum absolute atomic E-state index is 0.0577. The maximum atomic E-state index is 13.3. The molecule has 1 saturated heterocycles. The molecule has 1 aliphatic carbocycles. The molecule has 1 amide bonds. The van der Waals surface area contributed by atoms with Crippen molar-refractivity contribution in [3.05, 3.63) is 55.7 Å². The molecule has 1 N–H and O–H groups in total. The second-order valence-corrected chi connectivity index (χ2v) is 10.2. The number of aryl methyl sites for hydroxylation is 1. The molecule has 1 atom stereocenters. The number of carbonyl (C=O) groups excluding carboxylic acids is 1. The number of amides is 1. The average molecular weight is 488 g/mol. The Morgan fingerprint density at radius 2 is 1.97 bits per heavy atom. The Morgan fingerprint density at radius 1 is 1.26 bits per heavy atom. The van der Waals surface area contributed by atoms with E-state index in [1.807, 2.05) is 6.92 Å². The van der Waals surface area contributed by atoms with E-state index in [9.17, 15) is 14.7 Å². The Bertz CT molecular complexity index is 1050. The lowest BCUT2D eigenvalue weighted by molar-refractivity contribution is 0.0731. The molecule has 6 nitrogen and oxygen atoms in total. The zero-order chi connectivity index (χ0) is 22.3. The molecule has 0 radical (unpaired) electrons. The Morgan fingerprint density at radius 3 is 2.58 bits per heavy atom. The number of carbonyl (C=O) groups is 1. The van der Waals surface area contributed by atoms with Gasteiger partial charge in [-0.2, -0.15) is 4.98 Å². The standard InChI is InChI=1S/C24H30BrN3O3/c1-15-11-17(13-18(25)12-15)24(8-4-5-9-24)14-19-26-22(30)21(29)20(27(19)3)23(31)28-10-6-7-16(28)2/h11-13,16,29H,4-10,14H2,1-3H3. The predicted molar refractivity (Wildman–Crippen MR) is 124 cm³/mol. The number of aromatic hydroxyl groups is 1. The number of likely N-dealkylation sites (tertiary alicyclic amines) is 1. The molecule has 2 aromatic rings. The summed E-state index contributed by atoms with van der Waals surface area (Å²) in [6.07, 6.45) is 6.68. The molecule has 0 spiro atoms. The van der Waals surface area contributed by atoms with Crippen molar-refractivity contribution < 1.29 is 9.90 Å². The summed E-state index contributed by atoms with van der Waals surface area (Å²) in [4.78, 5) is 31.8. The number of aromatic nitrogens is 2. The van der Waals surface area contributed by atoms with E-state index in [0.717, 1.165) is 43.0 Å². The molecule has 2 aliphatic rings. The lowest BCUT2D eigenvalue weighted by Gasteiger charge is -2.31. The van der Waals surface area contributed by atoms with Crippen molar-refractivity contribution >= 4 is 21.8 Å². The number of halogens is 1. The molecule has 31 heavy (non-hydrogen) atoms. The number of rotatable bonds is 4. The maximum absolute atomic E-state index is 13.3. The first-order valence-corrected chi connectivity index (χ1v) is 11.9. The van der Waals surface area contributed by atoms with Crippen molar-refractivity contribution in [1.29, 1.82) is 0 Å².